The molecule has 1 rings (SSSR count). The van der Waals surface area contributed by atoms with E-state index in [2.05, 4.69) is 6.92 Å². The third kappa shape index (κ3) is 3.03. The molecule has 0 saturated heterocycles. The Balaban J connectivity index is 2.45. The van der Waals surface area contributed by atoms with E-state index < -0.39 is 0 Å². The van der Waals surface area contributed by atoms with Gasteiger partial charge in [-0.3, -0.25) is 0 Å². The Labute approximate surface area is 90.6 Å². The van der Waals surface area contributed by atoms with Crippen LogP contribution in [0.2, 0.25) is 0 Å². The van der Waals surface area contributed by atoms with E-state index in [1.165, 1.54) is 12.8 Å². The van der Waals surface area contributed by atoms with Gasteiger partial charge in [0.15, 0.2) is 0 Å². The first-order valence-corrected chi connectivity index (χ1v) is 5.69. The van der Waals surface area contributed by atoms with Gasteiger partial charge < -0.3 is 0 Å². The second kappa shape index (κ2) is 5.07. The summed E-state index contributed by atoms with van der Waals surface area (Å²) in [5.41, 5.74) is 0. The van der Waals surface area contributed by atoms with Crippen molar-refractivity contribution in [3.63, 3.8) is 0 Å². The van der Waals surface area contributed by atoms with Crippen LogP contribution in [0, 0.1) is 0 Å². The van der Waals surface area contributed by atoms with Crippen molar-refractivity contribution < 1.29 is 0 Å². The highest BCUT2D eigenvalue weighted by atomic mass is 35.5. The van der Waals surface area contributed by atoms with Gasteiger partial charge in [-0.2, -0.15) is 0 Å². The first-order chi connectivity index (χ1) is 6.19. The molecule has 0 aliphatic heterocycles. The van der Waals surface area contributed by atoms with Gasteiger partial charge in [0, 0.05) is 0 Å². The molecule has 0 bridgehead atoms. The molecule has 1 aliphatic rings. The number of allylic oxidation sites excluding steroid dienone is 4. The van der Waals surface area contributed by atoms with Crippen LogP contribution in [0.4, 0.5) is 0 Å². The molecule has 0 saturated carbocycles. The molecule has 0 aromatic rings. The largest absolute Gasteiger partial charge is 0.116 e. The number of unbranched alkanes of at least 4 members (excludes halogenated alkanes) is 2. The van der Waals surface area contributed by atoms with Crippen molar-refractivity contribution in [3.05, 3.63) is 24.3 Å². The molecule has 74 valence electrons. The minimum atomic E-state index is -0.342. The van der Waals surface area contributed by atoms with Gasteiger partial charge in [-0.15, -0.1) is 23.2 Å². The normalized spacial score (nSPS) is 32.4. The van der Waals surface area contributed by atoms with Gasteiger partial charge in [-0.05, 0) is 6.42 Å². The molecule has 0 nitrogen and oxygen atoms in total. The summed E-state index contributed by atoms with van der Waals surface area (Å²) >= 11 is 12.5. The van der Waals surface area contributed by atoms with E-state index >= 15 is 0 Å². The molecular weight excluding hydrogens is 203 g/mol. The number of rotatable bonds is 4. The van der Waals surface area contributed by atoms with Crippen molar-refractivity contribution in [2.45, 2.75) is 42.9 Å². The standard InChI is InChI=1S/C11H16Cl2/c1-2-3-5-8-11(13)9-6-4-7-10(11)12/h4,6-7,9-10H,2-3,5,8H2,1H3. The molecule has 13 heavy (non-hydrogen) atoms. The molecule has 0 radical (unpaired) electrons. The van der Waals surface area contributed by atoms with Gasteiger partial charge in [-0.1, -0.05) is 50.5 Å². The van der Waals surface area contributed by atoms with E-state index in [1.807, 2.05) is 24.3 Å². The lowest BCUT2D eigenvalue weighted by Crippen LogP contribution is -2.30. The van der Waals surface area contributed by atoms with Crippen molar-refractivity contribution in [2.75, 3.05) is 0 Å². The highest BCUT2D eigenvalue weighted by molar-refractivity contribution is 6.34. The van der Waals surface area contributed by atoms with Crippen molar-refractivity contribution in [3.8, 4) is 0 Å². The Bertz CT molecular complexity index is 208. The lowest BCUT2D eigenvalue weighted by atomic mass is 9.93. The Hall–Kier alpha value is 0.0600. The summed E-state index contributed by atoms with van der Waals surface area (Å²) in [4.78, 5) is -0.342. The zero-order chi connectivity index (χ0) is 9.73. The predicted octanol–water partition coefficient (Wildman–Crippen LogP) is 4.28. The number of hydrogen-bond acceptors (Lipinski definition) is 0. The summed E-state index contributed by atoms with van der Waals surface area (Å²) in [6, 6.07) is 0. The van der Waals surface area contributed by atoms with Crippen LogP contribution in [-0.2, 0) is 0 Å². The van der Waals surface area contributed by atoms with Crippen LogP contribution in [0.15, 0.2) is 24.3 Å². The van der Waals surface area contributed by atoms with Crippen LogP contribution in [0.3, 0.4) is 0 Å². The molecule has 0 aromatic heterocycles. The molecule has 2 unspecified atom stereocenters. The molecule has 0 amide bonds. The minimum Gasteiger partial charge on any atom is -0.116 e. The van der Waals surface area contributed by atoms with Crippen molar-refractivity contribution in [1.29, 1.82) is 0 Å². The summed E-state index contributed by atoms with van der Waals surface area (Å²) in [6.07, 6.45) is 12.5. The van der Waals surface area contributed by atoms with Crippen molar-refractivity contribution in [2.24, 2.45) is 0 Å². The maximum absolute atomic E-state index is 6.39. The SMILES string of the molecule is CCCCCC1(Cl)C=CC=CC1Cl. The zero-order valence-corrected chi connectivity index (χ0v) is 9.48. The van der Waals surface area contributed by atoms with E-state index in [0.29, 0.717) is 0 Å². The topological polar surface area (TPSA) is 0 Å². The van der Waals surface area contributed by atoms with Crippen LogP contribution in [0.5, 0.6) is 0 Å². The predicted molar refractivity (Wildman–Crippen MR) is 60.6 cm³/mol. The fourth-order valence-electron chi connectivity index (χ4n) is 1.50. The van der Waals surface area contributed by atoms with Crippen LogP contribution < -0.4 is 0 Å². The Morgan fingerprint density at radius 3 is 2.69 bits per heavy atom. The molecule has 2 atom stereocenters. The van der Waals surface area contributed by atoms with E-state index in [9.17, 15) is 0 Å². The quantitative estimate of drug-likeness (QED) is 0.489. The van der Waals surface area contributed by atoms with Crippen LogP contribution >= 0.6 is 23.2 Å². The van der Waals surface area contributed by atoms with Gasteiger partial charge >= 0.3 is 0 Å². The average Bonchev–Trinajstić information content (AvgIpc) is 2.11. The highest BCUT2D eigenvalue weighted by Gasteiger charge is 2.31. The Kier molecular flexibility index (Phi) is 4.34. The Morgan fingerprint density at radius 2 is 2.08 bits per heavy atom. The fourth-order valence-corrected chi connectivity index (χ4v) is 2.04. The summed E-state index contributed by atoms with van der Waals surface area (Å²) < 4.78 is 0. The van der Waals surface area contributed by atoms with Crippen molar-refractivity contribution in [1.82, 2.24) is 0 Å². The van der Waals surface area contributed by atoms with Crippen LogP contribution in [0.1, 0.15) is 32.6 Å². The average molecular weight is 219 g/mol. The third-order valence-corrected chi connectivity index (χ3v) is 3.58. The van der Waals surface area contributed by atoms with E-state index in [0.717, 1.165) is 12.8 Å². The van der Waals surface area contributed by atoms with E-state index in [-0.39, 0.29) is 10.3 Å². The minimum absolute atomic E-state index is 0.0592. The van der Waals surface area contributed by atoms with Gasteiger partial charge in [0.1, 0.15) is 0 Å². The lowest BCUT2D eigenvalue weighted by molar-refractivity contribution is 0.574. The smallest absolute Gasteiger partial charge is 0.0827 e. The summed E-state index contributed by atoms with van der Waals surface area (Å²) in [5, 5.41) is -0.0592. The monoisotopic (exact) mass is 218 g/mol. The maximum atomic E-state index is 6.39. The number of halogens is 2. The molecule has 0 heterocycles. The number of hydrogen-bond donors (Lipinski definition) is 0. The van der Waals surface area contributed by atoms with Crippen LogP contribution in [-0.4, -0.2) is 10.3 Å². The molecular formula is C11H16Cl2. The van der Waals surface area contributed by atoms with Gasteiger partial charge in [0.2, 0.25) is 0 Å². The zero-order valence-electron chi connectivity index (χ0n) is 7.97. The van der Waals surface area contributed by atoms with Gasteiger partial charge in [0.25, 0.3) is 0 Å². The molecule has 0 aromatic carbocycles. The first kappa shape index (κ1) is 11.1. The maximum Gasteiger partial charge on any atom is 0.0827 e. The number of alkyl halides is 2. The Morgan fingerprint density at radius 1 is 1.31 bits per heavy atom. The summed E-state index contributed by atoms with van der Waals surface area (Å²) in [5.74, 6) is 0. The molecule has 0 fully saturated rings. The summed E-state index contributed by atoms with van der Waals surface area (Å²) in [6.45, 7) is 2.19. The second-order valence-corrected chi connectivity index (χ2v) is 4.70. The van der Waals surface area contributed by atoms with E-state index in [4.69, 9.17) is 23.2 Å². The molecule has 0 N–H and O–H groups in total. The molecule has 0 spiro atoms. The first-order valence-electron chi connectivity index (χ1n) is 4.88. The second-order valence-electron chi connectivity index (χ2n) is 3.53. The molecule has 1 aliphatic carbocycles. The molecule has 2 heteroatoms. The van der Waals surface area contributed by atoms with Gasteiger partial charge in [0.05, 0.1) is 10.3 Å². The van der Waals surface area contributed by atoms with Crippen LogP contribution in [0.25, 0.3) is 0 Å². The van der Waals surface area contributed by atoms with E-state index in [1.54, 1.807) is 0 Å². The third-order valence-electron chi connectivity index (χ3n) is 2.39. The summed E-state index contributed by atoms with van der Waals surface area (Å²) in [7, 11) is 0. The fraction of sp³-hybridized carbons (Fsp3) is 0.636. The lowest BCUT2D eigenvalue weighted by Gasteiger charge is -2.28. The van der Waals surface area contributed by atoms with Crippen molar-refractivity contribution >= 4 is 23.2 Å². The van der Waals surface area contributed by atoms with Gasteiger partial charge in [-0.25, -0.2) is 0 Å². The highest BCUT2D eigenvalue weighted by Crippen LogP contribution is 2.35.